The summed E-state index contributed by atoms with van der Waals surface area (Å²) < 4.78 is 15.4. The van der Waals surface area contributed by atoms with Crippen LogP contribution < -0.4 is 38.1 Å². The molecule has 4 amide bonds. The maximum atomic E-state index is 12.7. The average Bonchev–Trinajstić information content (AvgIpc) is 2.71. The van der Waals surface area contributed by atoms with Crippen LogP contribution in [0.15, 0.2) is 18.2 Å². The standard InChI is InChI=1S/C19H31N6O8P/c1-3-9(2)16(19(29)24-13(17(23)27)8-15(22)26)25-18(28)12(21)7-10-4-5-14(11(20)6-10)33-34(30,31)32/h4-6,9,12-13,16H,3,7-8,20-21H2,1-2H3,(H2,22,26)(H2,23,27)(H,24,29)(H,25,28)(H2,30,31,32)/t9-,12-,13-,16-/m0/s1. The van der Waals surface area contributed by atoms with Gasteiger partial charge in [-0.15, -0.1) is 0 Å². The highest BCUT2D eigenvalue weighted by molar-refractivity contribution is 7.46. The van der Waals surface area contributed by atoms with Crippen LogP contribution in [0.2, 0.25) is 0 Å². The van der Waals surface area contributed by atoms with Gasteiger partial charge in [-0.05, 0) is 30.0 Å². The van der Waals surface area contributed by atoms with Crippen LogP contribution in [0, 0.1) is 5.92 Å². The molecule has 0 aromatic heterocycles. The fourth-order valence-corrected chi connectivity index (χ4v) is 3.35. The lowest BCUT2D eigenvalue weighted by Crippen LogP contribution is -2.58. The van der Waals surface area contributed by atoms with Gasteiger partial charge in [0.25, 0.3) is 0 Å². The Kier molecular flexibility index (Phi) is 10.5. The molecule has 12 N–H and O–H groups in total. The third-order valence-corrected chi connectivity index (χ3v) is 5.38. The predicted molar refractivity (Wildman–Crippen MR) is 122 cm³/mol. The Morgan fingerprint density at radius 1 is 1.12 bits per heavy atom. The molecule has 1 rings (SSSR count). The molecule has 14 nitrogen and oxygen atoms in total. The van der Waals surface area contributed by atoms with Crippen molar-refractivity contribution in [3.8, 4) is 5.75 Å². The largest absolute Gasteiger partial charge is 0.524 e. The Labute approximate surface area is 196 Å². The van der Waals surface area contributed by atoms with Crippen molar-refractivity contribution < 1.29 is 38.1 Å². The molecule has 0 aliphatic rings. The van der Waals surface area contributed by atoms with E-state index in [4.69, 9.17) is 32.7 Å². The highest BCUT2D eigenvalue weighted by Crippen LogP contribution is 2.40. The van der Waals surface area contributed by atoms with Crippen molar-refractivity contribution in [3.05, 3.63) is 23.8 Å². The molecule has 0 aliphatic carbocycles. The number of benzene rings is 1. The molecular weight excluding hydrogens is 471 g/mol. The second-order valence-corrected chi connectivity index (χ2v) is 8.93. The number of nitrogens with one attached hydrogen (secondary N) is 2. The molecule has 34 heavy (non-hydrogen) atoms. The van der Waals surface area contributed by atoms with E-state index in [-0.39, 0.29) is 23.8 Å². The summed E-state index contributed by atoms with van der Waals surface area (Å²) in [4.78, 5) is 65.8. The van der Waals surface area contributed by atoms with E-state index in [1.807, 2.05) is 0 Å². The zero-order valence-electron chi connectivity index (χ0n) is 18.8. The molecule has 0 saturated heterocycles. The van der Waals surface area contributed by atoms with Crippen molar-refractivity contribution in [1.29, 1.82) is 0 Å². The number of carbonyl (C=O) groups excluding carboxylic acids is 4. The molecule has 0 bridgehead atoms. The van der Waals surface area contributed by atoms with Crippen molar-refractivity contribution in [2.24, 2.45) is 23.1 Å². The number of phosphoric acid groups is 1. The van der Waals surface area contributed by atoms with Gasteiger partial charge in [0.05, 0.1) is 18.2 Å². The predicted octanol–water partition coefficient (Wildman–Crippen LogP) is -2.01. The number of hydrogen-bond acceptors (Lipinski definition) is 8. The van der Waals surface area contributed by atoms with Crippen molar-refractivity contribution >= 4 is 37.1 Å². The normalized spacial score (nSPS) is 14.9. The molecule has 0 fully saturated rings. The number of rotatable bonds is 13. The molecule has 190 valence electrons. The summed E-state index contributed by atoms with van der Waals surface area (Å²) in [7, 11) is -4.80. The van der Waals surface area contributed by atoms with E-state index in [0.717, 1.165) is 0 Å². The van der Waals surface area contributed by atoms with Crippen molar-refractivity contribution in [3.63, 3.8) is 0 Å². The third kappa shape index (κ3) is 9.35. The van der Waals surface area contributed by atoms with Crippen LogP contribution in [0.1, 0.15) is 32.3 Å². The summed E-state index contributed by atoms with van der Waals surface area (Å²) in [5.41, 5.74) is 22.4. The molecule has 4 atom stereocenters. The van der Waals surface area contributed by atoms with E-state index in [1.165, 1.54) is 18.2 Å². The molecule has 0 aliphatic heterocycles. The molecule has 15 heteroatoms. The quantitative estimate of drug-likeness (QED) is 0.108. The summed E-state index contributed by atoms with van der Waals surface area (Å²) in [6.45, 7) is 3.49. The van der Waals surface area contributed by atoms with Crippen molar-refractivity contribution in [2.45, 2.75) is 51.2 Å². The number of phosphoric ester groups is 1. The monoisotopic (exact) mass is 502 g/mol. The highest BCUT2D eigenvalue weighted by Gasteiger charge is 2.31. The highest BCUT2D eigenvalue weighted by atomic mass is 31.2. The van der Waals surface area contributed by atoms with E-state index >= 15 is 0 Å². The number of nitrogen functional groups attached to an aromatic ring is 1. The lowest BCUT2D eigenvalue weighted by atomic mass is 9.96. The van der Waals surface area contributed by atoms with Gasteiger partial charge in [0.15, 0.2) is 5.75 Å². The molecule has 0 spiro atoms. The molecule has 0 unspecified atom stereocenters. The number of carbonyl (C=O) groups is 4. The lowest BCUT2D eigenvalue weighted by molar-refractivity contribution is -0.133. The first-order valence-corrected chi connectivity index (χ1v) is 11.7. The summed E-state index contributed by atoms with van der Waals surface area (Å²) >= 11 is 0. The molecule has 1 aromatic rings. The SMILES string of the molecule is CC[C@H](C)[C@H](NC(=O)[C@@H](N)Cc1ccc(OP(=O)(O)O)c(N)c1)C(=O)N[C@@H](CC(N)=O)C(N)=O. The van der Waals surface area contributed by atoms with Gasteiger partial charge in [0, 0.05) is 0 Å². The second kappa shape index (κ2) is 12.3. The minimum atomic E-state index is -4.80. The maximum Gasteiger partial charge on any atom is 0.524 e. The Morgan fingerprint density at radius 3 is 2.21 bits per heavy atom. The number of primary amides is 2. The Hall–Kier alpha value is -3.19. The number of amides is 4. The van der Waals surface area contributed by atoms with E-state index < -0.39 is 56.0 Å². The summed E-state index contributed by atoms with van der Waals surface area (Å²) in [6.07, 6.45) is -0.0280. The summed E-state index contributed by atoms with van der Waals surface area (Å²) in [5.74, 6) is -3.81. The van der Waals surface area contributed by atoms with E-state index in [0.29, 0.717) is 12.0 Å². The fourth-order valence-electron chi connectivity index (χ4n) is 2.93. The van der Waals surface area contributed by atoms with E-state index in [9.17, 15) is 23.7 Å². The van der Waals surface area contributed by atoms with Crippen LogP contribution in [-0.4, -0.2) is 51.5 Å². The van der Waals surface area contributed by atoms with Crippen LogP contribution >= 0.6 is 7.82 Å². The van der Waals surface area contributed by atoms with Crippen molar-refractivity contribution in [1.82, 2.24) is 10.6 Å². The smallest absolute Gasteiger partial charge is 0.402 e. The number of nitrogens with two attached hydrogens (primary N) is 4. The molecule has 1 aromatic carbocycles. The van der Waals surface area contributed by atoms with Gasteiger partial charge in [-0.2, -0.15) is 0 Å². The average molecular weight is 502 g/mol. The topological polar surface area (TPSA) is 263 Å². The minimum absolute atomic E-state index is 0.0212. The fraction of sp³-hybridized carbons (Fsp3) is 0.474. The van der Waals surface area contributed by atoms with Gasteiger partial charge in [-0.25, -0.2) is 4.57 Å². The minimum Gasteiger partial charge on any atom is -0.402 e. The van der Waals surface area contributed by atoms with E-state index in [1.54, 1.807) is 13.8 Å². The van der Waals surface area contributed by atoms with Gasteiger partial charge in [-0.3, -0.25) is 29.0 Å². The van der Waals surface area contributed by atoms with Gasteiger partial charge < -0.3 is 38.1 Å². The van der Waals surface area contributed by atoms with E-state index in [2.05, 4.69) is 15.2 Å². The van der Waals surface area contributed by atoms with Gasteiger partial charge in [-0.1, -0.05) is 26.3 Å². The Balaban J connectivity index is 2.91. The zero-order chi connectivity index (χ0) is 26.2. The van der Waals surface area contributed by atoms with Crippen LogP contribution in [-0.2, 0) is 30.2 Å². The van der Waals surface area contributed by atoms with Crippen LogP contribution in [0.5, 0.6) is 5.75 Å². The first-order valence-electron chi connectivity index (χ1n) is 10.2. The maximum absolute atomic E-state index is 12.7. The second-order valence-electron chi connectivity index (χ2n) is 7.77. The Morgan fingerprint density at radius 2 is 1.74 bits per heavy atom. The molecular formula is C19H31N6O8P. The van der Waals surface area contributed by atoms with Crippen LogP contribution in [0.4, 0.5) is 5.69 Å². The van der Waals surface area contributed by atoms with Crippen molar-refractivity contribution in [2.75, 3.05) is 5.73 Å². The zero-order valence-corrected chi connectivity index (χ0v) is 19.7. The first kappa shape index (κ1) is 28.8. The molecule has 0 saturated carbocycles. The number of anilines is 1. The lowest BCUT2D eigenvalue weighted by Gasteiger charge is -2.26. The Bertz CT molecular complexity index is 968. The summed E-state index contributed by atoms with van der Waals surface area (Å²) in [5, 5.41) is 4.86. The molecule has 0 radical (unpaired) electrons. The van der Waals surface area contributed by atoms with Gasteiger partial charge in [0.1, 0.15) is 12.1 Å². The van der Waals surface area contributed by atoms with Gasteiger partial charge in [0.2, 0.25) is 23.6 Å². The molecule has 0 heterocycles. The van der Waals surface area contributed by atoms with Crippen LogP contribution in [0.25, 0.3) is 0 Å². The van der Waals surface area contributed by atoms with Gasteiger partial charge >= 0.3 is 7.82 Å². The summed E-state index contributed by atoms with van der Waals surface area (Å²) in [6, 6.07) is 0.464. The van der Waals surface area contributed by atoms with Crippen LogP contribution in [0.3, 0.4) is 0 Å². The first-order chi connectivity index (χ1) is 15.6. The third-order valence-electron chi connectivity index (χ3n) is 4.94. The number of hydrogen-bond donors (Lipinski definition) is 8.